The van der Waals surface area contributed by atoms with Gasteiger partial charge in [-0.2, -0.15) is 0 Å². The van der Waals surface area contributed by atoms with Crippen LogP contribution in [0.4, 0.5) is 4.79 Å². The third kappa shape index (κ3) is 3.99. The molecule has 0 spiro atoms. The Balaban J connectivity index is 4.64. The monoisotopic (exact) mass is 240 g/mol. The number of carboxylic acids is 1. The van der Waals surface area contributed by atoms with E-state index in [4.69, 9.17) is 11.5 Å². The van der Waals surface area contributed by atoms with Crippen molar-refractivity contribution in [1.29, 1.82) is 0 Å². The van der Waals surface area contributed by atoms with Crippen LogP contribution < -0.4 is 10.6 Å². The Labute approximate surface area is 102 Å². The number of carbonyl (C=O) groups is 2. The van der Waals surface area contributed by atoms with Crippen molar-refractivity contribution >= 4 is 12.0 Å². The second-order valence-corrected chi connectivity index (χ2v) is 3.82. The highest BCUT2D eigenvalue weighted by Crippen LogP contribution is 2.15. The Bertz CT molecular complexity index is 316. The molecule has 0 aromatic heterocycles. The fourth-order valence-corrected chi connectivity index (χ4v) is 1.46. The number of hydrogen-bond acceptors (Lipinski definition) is 2. The van der Waals surface area contributed by atoms with E-state index in [0.717, 1.165) is 0 Å². The molecule has 0 radical (unpaired) electrons. The molecule has 5 heteroatoms. The average Bonchev–Trinajstić information content (AvgIpc) is 2.32. The molecule has 3 N–H and O–H groups in total. The first-order valence-electron chi connectivity index (χ1n) is 5.73. The van der Waals surface area contributed by atoms with Crippen LogP contribution in [0, 0.1) is 12.3 Å². The zero-order valence-corrected chi connectivity index (χ0v) is 10.5. The van der Waals surface area contributed by atoms with E-state index in [9.17, 15) is 9.59 Å². The highest BCUT2D eigenvalue weighted by Gasteiger charge is 2.36. The first kappa shape index (κ1) is 15.3. The molecule has 0 bridgehead atoms. The van der Waals surface area contributed by atoms with Gasteiger partial charge in [0.1, 0.15) is 5.54 Å². The summed E-state index contributed by atoms with van der Waals surface area (Å²) in [5, 5.41) is 14.2. The van der Waals surface area contributed by atoms with Gasteiger partial charge in [-0.15, -0.1) is 6.42 Å². The van der Waals surface area contributed by atoms with Crippen LogP contribution in [0.2, 0.25) is 0 Å². The van der Waals surface area contributed by atoms with Gasteiger partial charge in [0.05, 0.1) is 6.04 Å². The second-order valence-electron chi connectivity index (χ2n) is 3.82. The summed E-state index contributed by atoms with van der Waals surface area (Å²) in [7, 11) is 0. The lowest BCUT2D eigenvalue weighted by Gasteiger charge is -2.28. The highest BCUT2D eigenvalue weighted by atomic mass is 16.4. The molecule has 0 aliphatic rings. The largest absolute Gasteiger partial charge is 0.480 e. The van der Waals surface area contributed by atoms with Gasteiger partial charge in [0.15, 0.2) is 0 Å². The van der Waals surface area contributed by atoms with Crippen LogP contribution in [0.3, 0.4) is 0 Å². The normalized spacial score (nSPS) is 12.4. The van der Waals surface area contributed by atoms with Crippen molar-refractivity contribution in [3.05, 3.63) is 0 Å². The number of hydrogen-bond donors (Lipinski definition) is 3. The fourth-order valence-electron chi connectivity index (χ4n) is 1.46. The summed E-state index contributed by atoms with van der Waals surface area (Å²) in [6, 6.07) is -0.920. The highest BCUT2D eigenvalue weighted by molar-refractivity contribution is 5.86. The van der Waals surface area contributed by atoms with Crippen molar-refractivity contribution in [1.82, 2.24) is 10.6 Å². The molecule has 1 unspecified atom stereocenters. The van der Waals surface area contributed by atoms with E-state index in [-0.39, 0.29) is 6.04 Å². The van der Waals surface area contributed by atoms with Crippen LogP contribution in [-0.4, -0.2) is 28.7 Å². The Morgan fingerprint density at radius 2 is 1.88 bits per heavy atom. The van der Waals surface area contributed by atoms with Gasteiger partial charge in [-0.3, -0.25) is 0 Å². The van der Waals surface area contributed by atoms with Crippen molar-refractivity contribution in [3.8, 4) is 12.3 Å². The summed E-state index contributed by atoms with van der Waals surface area (Å²) in [6.07, 6.45) is 6.45. The summed E-state index contributed by atoms with van der Waals surface area (Å²) >= 11 is 0. The standard InChI is InChI=1S/C12H20N2O3/c1-5-9(6-2)13-11(17)14-12(7-3,8-4)10(15)16/h1,9H,6-8H2,2-4H3,(H,15,16)(H2,13,14,17). The smallest absolute Gasteiger partial charge is 0.329 e. The minimum absolute atomic E-state index is 0.319. The topological polar surface area (TPSA) is 78.4 Å². The van der Waals surface area contributed by atoms with Crippen LogP contribution in [0.25, 0.3) is 0 Å². The van der Waals surface area contributed by atoms with Crippen molar-refractivity contribution in [3.63, 3.8) is 0 Å². The third-order valence-electron chi connectivity index (χ3n) is 2.88. The van der Waals surface area contributed by atoms with Crippen molar-refractivity contribution in [2.75, 3.05) is 0 Å². The molecule has 96 valence electrons. The maximum absolute atomic E-state index is 11.6. The number of nitrogens with one attached hydrogen (secondary N) is 2. The molecule has 0 saturated carbocycles. The van der Waals surface area contributed by atoms with Crippen LogP contribution in [-0.2, 0) is 4.79 Å². The molecule has 5 nitrogen and oxygen atoms in total. The molecule has 0 fully saturated rings. The van der Waals surface area contributed by atoms with Crippen molar-refractivity contribution in [2.24, 2.45) is 0 Å². The van der Waals surface area contributed by atoms with Gasteiger partial charge in [-0.1, -0.05) is 26.7 Å². The Morgan fingerprint density at radius 3 is 2.18 bits per heavy atom. The first-order chi connectivity index (χ1) is 7.95. The fraction of sp³-hybridized carbons (Fsp3) is 0.667. The van der Waals surface area contributed by atoms with Crippen molar-refractivity contribution < 1.29 is 14.7 Å². The number of rotatable bonds is 6. The molecule has 0 aromatic carbocycles. The summed E-state index contributed by atoms with van der Waals surface area (Å²) in [5.41, 5.74) is -1.23. The number of aliphatic carboxylic acids is 1. The average molecular weight is 240 g/mol. The van der Waals surface area contributed by atoms with Gasteiger partial charge in [-0.05, 0) is 19.3 Å². The van der Waals surface area contributed by atoms with E-state index >= 15 is 0 Å². The van der Waals surface area contributed by atoms with Crippen LogP contribution in [0.1, 0.15) is 40.0 Å². The molecule has 0 aliphatic carbocycles. The quantitative estimate of drug-likeness (QED) is 0.613. The van der Waals surface area contributed by atoms with Gasteiger partial charge >= 0.3 is 12.0 Å². The molecular formula is C12H20N2O3. The van der Waals surface area contributed by atoms with E-state index in [1.165, 1.54) is 0 Å². The second kappa shape index (κ2) is 6.79. The number of amides is 2. The van der Waals surface area contributed by atoms with Crippen molar-refractivity contribution in [2.45, 2.75) is 51.6 Å². The molecule has 0 saturated heterocycles. The van der Waals surface area contributed by atoms with E-state index in [0.29, 0.717) is 19.3 Å². The zero-order valence-electron chi connectivity index (χ0n) is 10.5. The maximum atomic E-state index is 11.6. The van der Waals surface area contributed by atoms with Crippen LogP contribution in [0.5, 0.6) is 0 Å². The Kier molecular flexibility index (Phi) is 6.11. The lowest BCUT2D eigenvalue weighted by molar-refractivity contribution is -0.144. The Hall–Kier alpha value is -1.70. The maximum Gasteiger partial charge on any atom is 0.329 e. The number of urea groups is 1. The molecule has 2 amide bonds. The third-order valence-corrected chi connectivity index (χ3v) is 2.88. The van der Waals surface area contributed by atoms with Gasteiger partial charge in [0.2, 0.25) is 0 Å². The molecule has 1 atom stereocenters. The van der Waals surface area contributed by atoms with Gasteiger partial charge in [0, 0.05) is 0 Å². The predicted octanol–water partition coefficient (Wildman–Crippen LogP) is 1.34. The summed E-state index contributed by atoms with van der Waals surface area (Å²) in [6.45, 7) is 5.28. The molecule has 0 aromatic rings. The van der Waals surface area contributed by atoms with Gasteiger partial charge < -0.3 is 15.7 Å². The summed E-state index contributed by atoms with van der Waals surface area (Å²) in [5.74, 6) is 1.38. The number of terminal acetylenes is 1. The van der Waals surface area contributed by atoms with E-state index in [2.05, 4.69) is 16.6 Å². The SMILES string of the molecule is C#CC(CC)NC(=O)NC(CC)(CC)C(=O)O. The lowest BCUT2D eigenvalue weighted by Crippen LogP contribution is -2.57. The first-order valence-corrected chi connectivity index (χ1v) is 5.73. The van der Waals surface area contributed by atoms with Gasteiger partial charge in [-0.25, -0.2) is 9.59 Å². The number of carbonyl (C=O) groups excluding carboxylic acids is 1. The molecule has 0 aliphatic heterocycles. The number of carboxylic acid groups (broad SMARTS) is 1. The van der Waals surface area contributed by atoms with Gasteiger partial charge in [0.25, 0.3) is 0 Å². The molecule has 17 heavy (non-hydrogen) atoms. The minimum atomic E-state index is -1.23. The zero-order chi connectivity index (χ0) is 13.5. The van der Waals surface area contributed by atoms with Crippen LogP contribution in [0.15, 0.2) is 0 Å². The molecule has 0 rings (SSSR count). The van der Waals surface area contributed by atoms with E-state index in [1.54, 1.807) is 13.8 Å². The summed E-state index contributed by atoms with van der Waals surface area (Å²) in [4.78, 5) is 22.8. The Morgan fingerprint density at radius 1 is 1.35 bits per heavy atom. The van der Waals surface area contributed by atoms with E-state index in [1.807, 2.05) is 6.92 Å². The molecule has 0 heterocycles. The molecular weight excluding hydrogens is 220 g/mol. The lowest BCUT2D eigenvalue weighted by atomic mass is 9.93. The van der Waals surface area contributed by atoms with E-state index < -0.39 is 17.5 Å². The predicted molar refractivity (Wildman–Crippen MR) is 65.5 cm³/mol. The minimum Gasteiger partial charge on any atom is -0.480 e. The van der Waals surface area contributed by atoms with Crippen LogP contribution >= 0.6 is 0 Å². The summed E-state index contributed by atoms with van der Waals surface area (Å²) < 4.78 is 0.